The molecule has 5 heteroatoms. The topological polar surface area (TPSA) is 25.8 Å². The van der Waals surface area contributed by atoms with Crippen LogP contribution in [0.2, 0.25) is 0 Å². The standard InChI is InChI=1S/C22H24N2S3/c1-4-5-6-7-8-16-13-20(26-15(16)3)18-11-10-17(19-12-9-14(2)25-19)21-22(18)24-27-23-21/h9-13H,4-8H2,1-3H3. The van der Waals surface area contributed by atoms with E-state index >= 15 is 0 Å². The number of thiophene rings is 2. The lowest BCUT2D eigenvalue weighted by Crippen LogP contribution is -1.85. The molecule has 3 heterocycles. The molecule has 3 aromatic heterocycles. The van der Waals surface area contributed by atoms with Gasteiger partial charge in [0.1, 0.15) is 11.0 Å². The monoisotopic (exact) mass is 412 g/mol. The number of nitrogens with zero attached hydrogens (tertiary/aromatic N) is 2. The molecule has 140 valence electrons. The van der Waals surface area contributed by atoms with Crippen molar-refractivity contribution < 1.29 is 0 Å². The number of aromatic nitrogens is 2. The predicted octanol–water partition coefficient (Wildman–Crippen LogP) is 7.89. The maximum absolute atomic E-state index is 4.66. The quantitative estimate of drug-likeness (QED) is 0.288. The third-order valence-electron chi connectivity index (χ3n) is 5.01. The highest BCUT2D eigenvalue weighted by molar-refractivity contribution is 7.16. The summed E-state index contributed by atoms with van der Waals surface area (Å²) in [5.74, 6) is 0. The zero-order valence-electron chi connectivity index (χ0n) is 16.0. The zero-order valence-corrected chi connectivity index (χ0v) is 18.5. The van der Waals surface area contributed by atoms with E-state index in [2.05, 4.69) is 59.9 Å². The van der Waals surface area contributed by atoms with E-state index in [1.54, 1.807) is 0 Å². The molecule has 0 aliphatic heterocycles. The molecule has 0 bridgehead atoms. The molecule has 0 saturated heterocycles. The van der Waals surface area contributed by atoms with Crippen LogP contribution in [-0.2, 0) is 6.42 Å². The van der Waals surface area contributed by atoms with E-state index in [1.807, 2.05) is 22.7 Å². The Kier molecular flexibility index (Phi) is 5.71. The Balaban J connectivity index is 1.68. The average molecular weight is 413 g/mol. The van der Waals surface area contributed by atoms with Crippen molar-refractivity contribution in [2.75, 3.05) is 0 Å². The van der Waals surface area contributed by atoms with Gasteiger partial charge in [0.05, 0.1) is 11.7 Å². The van der Waals surface area contributed by atoms with Crippen molar-refractivity contribution in [2.45, 2.75) is 52.9 Å². The molecule has 0 aliphatic rings. The van der Waals surface area contributed by atoms with E-state index in [4.69, 9.17) is 0 Å². The largest absolute Gasteiger partial charge is 0.172 e. The van der Waals surface area contributed by atoms with Crippen molar-refractivity contribution in [3.05, 3.63) is 45.6 Å². The second kappa shape index (κ2) is 8.21. The fourth-order valence-electron chi connectivity index (χ4n) is 3.49. The van der Waals surface area contributed by atoms with Gasteiger partial charge in [0, 0.05) is 30.6 Å². The first-order chi connectivity index (χ1) is 13.2. The van der Waals surface area contributed by atoms with E-state index in [9.17, 15) is 0 Å². The minimum atomic E-state index is 1.04. The van der Waals surface area contributed by atoms with E-state index in [1.165, 1.54) is 80.0 Å². The summed E-state index contributed by atoms with van der Waals surface area (Å²) in [5, 5.41) is 0. The normalized spacial score (nSPS) is 11.5. The van der Waals surface area contributed by atoms with Gasteiger partial charge >= 0.3 is 0 Å². The Hall–Kier alpha value is -1.56. The van der Waals surface area contributed by atoms with Gasteiger partial charge in [0.25, 0.3) is 0 Å². The third kappa shape index (κ3) is 3.86. The van der Waals surface area contributed by atoms with Crippen LogP contribution >= 0.6 is 34.4 Å². The fraction of sp³-hybridized carbons (Fsp3) is 0.364. The van der Waals surface area contributed by atoms with Crippen LogP contribution in [0.5, 0.6) is 0 Å². The van der Waals surface area contributed by atoms with Crippen LogP contribution in [0.15, 0.2) is 30.3 Å². The predicted molar refractivity (Wildman–Crippen MR) is 121 cm³/mol. The lowest BCUT2D eigenvalue weighted by Gasteiger charge is -2.03. The second-order valence-corrected chi connectivity index (χ2v) is 10.1. The Labute approximate surface area is 173 Å². The number of hydrogen-bond acceptors (Lipinski definition) is 5. The molecule has 0 atom stereocenters. The number of fused-ring (bicyclic) bond motifs is 1. The summed E-state index contributed by atoms with van der Waals surface area (Å²) in [4.78, 5) is 5.36. The Morgan fingerprint density at radius 1 is 0.815 bits per heavy atom. The molecule has 4 aromatic rings. The number of hydrogen-bond donors (Lipinski definition) is 0. The number of rotatable bonds is 7. The van der Waals surface area contributed by atoms with Crippen LogP contribution in [-0.4, -0.2) is 8.75 Å². The highest BCUT2D eigenvalue weighted by atomic mass is 32.1. The summed E-state index contributed by atoms with van der Waals surface area (Å²) in [6.07, 6.45) is 6.43. The number of benzene rings is 1. The van der Waals surface area contributed by atoms with E-state index < -0.39 is 0 Å². The van der Waals surface area contributed by atoms with Crippen molar-refractivity contribution in [1.82, 2.24) is 8.75 Å². The molecule has 0 N–H and O–H groups in total. The summed E-state index contributed by atoms with van der Waals surface area (Å²) >= 11 is 5.03. The van der Waals surface area contributed by atoms with Crippen molar-refractivity contribution in [1.29, 1.82) is 0 Å². The van der Waals surface area contributed by atoms with Gasteiger partial charge in [-0.1, -0.05) is 38.3 Å². The summed E-state index contributed by atoms with van der Waals surface area (Å²) in [6.45, 7) is 6.67. The minimum absolute atomic E-state index is 1.04. The maximum Gasteiger partial charge on any atom is 0.114 e. The minimum Gasteiger partial charge on any atom is -0.172 e. The van der Waals surface area contributed by atoms with Gasteiger partial charge < -0.3 is 0 Å². The molecule has 0 fully saturated rings. The van der Waals surface area contributed by atoms with Crippen molar-refractivity contribution in [2.24, 2.45) is 0 Å². The molecule has 0 aliphatic carbocycles. The molecule has 0 radical (unpaired) electrons. The van der Waals surface area contributed by atoms with Crippen LogP contribution in [0.4, 0.5) is 0 Å². The summed E-state index contributed by atoms with van der Waals surface area (Å²) in [5.41, 5.74) is 6.01. The van der Waals surface area contributed by atoms with Gasteiger partial charge in [-0.15, -0.1) is 22.7 Å². The van der Waals surface area contributed by atoms with Crippen LogP contribution < -0.4 is 0 Å². The van der Waals surface area contributed by atoms with Crippen molar-refractivity contribution in [3.63, 3.8) is 0 Å². The molecule has 27 heavy (non-hydrogen) atoms. The highest BCUT2D eigenvalue weighted by Crippen LogP contribution is 2.40. The molecule has 0 unspecified atom stereocenters. The van der Waals surface area contributed by atoms with Gasteiger partial charge in [-0.25, -0.2) is 0 Å². The molecular formula is C22H24N2S3. The lowest BCUT2D eigenvalue weighted by molar-refractivity contribution is 0.666. The second-order valence-electron chi connectivity index (χ2n) is 7.04. The maximum atomic E-state index is 4.66. The molecule has 0 saturated carbocycles. The highest BCUT2D eigenvalue weighted by Gasteiger charge is 2.16. The average Bonchev–Trinajstić information content (AvgIpc) is 3.38. The van der Waals surface area contributed by atoms with Crippen LogP contribution in [0.3, 0.4) is 0 Å². The Morgan fingerprint density at radius 3 is 2.22 bits per heavy atom. The van der Waals surface area contributed by atoms with E-state index in [0.29, 0.717) is 0 Å². The van der Waals surface area contributed by atoms with Gasteiger partial charge in [-0.05, 0) is 50.5 Å². The molecular weight excluding hydrogens is 388 g/mol. The van der Waals surface area contributed by atoms with E-state index in [-0.39, 0.29) is 0 Å². The number of aryl methyl sites for hydroxylation is 3. The first-order valence-corrected chi connectivity index (χ1v) is 12.0. The zero-order chi connectivity index (χ0) is 18.8. The summed E-state index contributed by atoms with van der Waals surface area (Å²) < 4.78 is 9.29. The Bertz CT molecular complexity index is 1050. The van der Waals surface area contributed by atoms with Gasteiger partial charge in [0.2, 0.25) is 0 Å². The van der Waals surface area contributed by atoms with Crippen LogP contribution in [0.1, 0.15) is 47.9 Å². The Morgan fingerprint density at radius 2 is 1.56 bits per heavy atom. The van der Waals surface area contributed by atoms with Crippen LogP contribution in [0, 0.1) is 13.8 Å². The first kappa shape index (κ1) is 18.8. The molecule has 1 aromatic carbocycles. The molecule has 4 rings (SSSR count). The van der Waals surface area contributed by atoms with Crippen molar-refractivity contribution in [3.8, 4) is 20.9 Å². The smallest absolute Gasteiger partial charge is 0.114 e. The summed E-state index contributed by atoms with van der Waals surface area (Å²) in [6, 6.07) is 11.2. The number of unbranched alkanes of at least 4 members (excludes halogenated alkanes) is 3. The third-order valence-corrected chi connectivity index (χ3v) is 7.70. The van der Waals surface area contributed by atoms with Crippen molar-refractivity contribution >= 4 is 45.4 Å². The van der Waals surface area contributed by atoms with Gasteiger partial charge in [0.15, 0.2) is 0 Å². The molecule has 0 spiro atoms. The van der Waals surface area contributed by atoms with Gasteiger partial charge in [-0.2, -0.15) is 8.75 Å². The fourth-order valence-corrected chi connectivity index (χ4v) is 6.05. The first-order valence-electron chi connectivity index (χ1n) is 9.59. The SMILES string of the molecule is CCCCCCc1cc(-c2ccc(-c3ccc(C)s3)c3nsnc23)sc1C. The molecule has 0 amide bonds. The van der Waals surface area contributed by atoms with E-state index in [0.717, 1.165) is 11.0 Å². The van der Waals surface area contributed by atoms with Crippen LogP contribution in [0.25, 0.3) is 31.9 Å². The molecule has 2 nitrogen and oxygen atoms in total. The summed E-state index contributed by atoms with van der Waals surface area (Å²) in [7, 11) is 0. The lowest BCUT2D eigenvalue weighted by atomic mass is 10.0. The van der Waals surface area contributed by atoms with Gasteiger partial charge in [-0.3, -0.25) is 0 Å².